The largest absolute Gasteiger partial charge is 0.316 e. The van der Waals surface area contributed by atoms with Crippen LogP contribution < -0.4 is 4.90 Å². The van der Waals surface area contributed by atoms with Crippen molar-refractivity contribution in [2.24, 2.45) is 0 Å². The van der Waals surface area contributed by atoms with Gasteiger partial charge in [-0.2, -0.15) is 0 Å². The molecule has 0 atom stereocenters. The van der Waals surface area contributed by atoms with Gasteiger partial charge < -0.3 is 4.90 Å². The highest BCUT2D eigenvalue weighted by Gasteiger charge is 2.26. The highest BCUT2D eigenvalue weighted by atomic mass is 79.9. The first kappa shape index (κ1) is 13.5. The van der Waals surface area contributed by atoms with Crippen LogP contribution in [0.2, 0.25) is 0 Å². The third kappa shape index (κ3) is 2.10. The van der Waals surface area contributed by atoms with Crippen LogP contribution in [-0.4, -0.2) is 18.4 Å². The van der Waals surface area contributed by atoms with Crippen molar-refractivity contribution in [1.82, 2.24) is 4.98 Å². The maximum absolute atomic E-state index is 13.6. The summed E-state index contributed by atoms with van der Waals surface area (Å²) < 4.78 is 14.1. The highest BCUT2D eigenvalue weighted by molar-refractivity contribution is 9.10. The molecule has 0 spiro atoms. The minimum absolute atomic E-state index is 0.318. The summed E-state index contributed by atoms with van der Waals surface area (Å²) in [4.78, 5) is 16.9. The van der Waals surface area contributed by atoms with Gasteiger partial charge in [0.2, 0.25) is 6.41 Å². The molecule has 0 saturated heterocycles. The van der Waals surface area contributed by atoms with Crippen LogP contribution in [0, 0.1) is 5.82 Å². The van der Waals surface area contributed by atoms with Gasteiger partial charge >= 0.3 is 0 Å². The Hall–Kier alpha value is -1.49. The zero-order valence-corrected chi connectivity index (χ0v) is 12.7. The maximum Gasteiger partial charge on any atom is 0.213 e. The van der Waals surface area contributed by atoms with Crippen LogP contribution in [-0.2, 0) is 4.79 Å². The molecule has 3 nitrogen and oxygen atoms in total. The van der Waals surface area contributed by atoms with E-state index in [2.05, 4.69) is 20.9 Å². The van der Waals surface area contributed by atoms with Gasteiger partial charge in [0.25, 0.3) is 0 Å². The van der Waals surface area contributed by atoms with E-state index in [0.717, 1.165) is 35.9 Å². The van der Waals surface area contributed by atoms with Crippen LogP contribution in [0.15, 0.2) is 22.8 Å². The molecule has 1 fully saturated rings. The van der Waals surface area contributed by atoms with Crippen molar-refractivity contribution in [2.75, 3.05) is 11.9 Å². The van der Waals surface area contributed by atoms with Crippen LogP contribution >= 0.6 is 15.9 Å². The van der Waals surface area contributed by atoms with Crippen molar-refractivity contribution >= 4 is 38.9 Å². The number of aromatic nitrogens is 1. The summed E-state index contributed by atoms with van der Waals surface area (Å²) in [6.07, 6.45) is 5.85. The van der Waals surface area contributed by atoms with Gasteiger partial charge in [-0.15, -0.1) is 0 Å². The second kappa shape index (κ2) is 5.13. The lowest BCUT2D eigenvalue weighted by Gasteiger charge is -2.30. The second-order valence-corrected chi connectivity index (χ2v) is 6.04. The number of carbonyl (C=O) groups excluding carboxylic acids is 1. The fraction of sp³-hybridized carbons (Fsp3) is 0.333. The Morgan fingerprint density at radius 1 is 1.45 bits per heavy atom. The molecular formula is C15H14BrFN2O. The molecule has 0 N–H and O–H groups in total. The van der Waals surface area contributed by atoms with Crippen LogP contribution in [0.5, 0.6) is 0 Å². The lowest BCUT2D eigenvalue weighted by Crippen LogP contribution is -2.20. The molecule has 1 aliphatic rings. The minimum atomic E-state index is -0.318. The zero-order valence-electron chi connectivity index (χ0n) is 11.1. The van der Waals surface area contributed by atoms with Crippen LogP contribution in [0.3, 0.4) is 0 Å². The van der Waals surface area contributed by atoms with Crippen molar-refractivity contribution in [3.8, 4) is 0 Å². The molecule has 0 unspecified atom stereocenters. The van der Waals surface area contributed by atoms with E-state index < -0.39 is 0 Å². The lowest BCUT2D eigenvalue weighted by molar-refractivity contribution is -0.107. The van der Waals surface area contributed by atoms with Gasteiger partial charge in [-0.3, -0.25) is 9.78 Å². The number of fused-ring (bicyclic) bond motifs is 1. The summed E-state index contributed by atoms with van der Waals surface area (Å²) >= 11 is 3.23. The van der Waals surface area contributed by atoms with Crippen molar-refractivity contribution < 1.29 is 9.18 Å². The molecule has 1 amide bonds. The topological polar surface area (TPSA) is 33.2 Å². The molecule has 0 bridgehead atoms. The average Bonchev–Trinajstić information content (AvgIpc) is 2.38. The Kier molecular flexibility index (Phi) is 3.46. The molecule has 3 rings (SSSR count). The summed E-state index contributed by atoms with van der Waals surface area (Å²) in [7, 11) is 1.72. The molecule has 0 aliphatic heterocycles. The number of pyridine rings is 1. The van der Waals surface area contributed by atoms with Gasteiger partial charge in [0.05, 0.1) is 21.9 Å². The predicted molar refractivity (Wildman–Crippen MR) is 80.5 cm³/mol. The predicted octanol–water partition coefficient (Wildman–Crippen LogP) is 4.00. The highest BCUT2D eigenvalue weighted by Crippen LogP contribution is 2.44. The minimum Gasteiger partial charge on any atom is -0.316 e. The first-order valence-electron chi connectivity index (χ1n) is 6.57. The number of hydrogen-bond donors (Lipinski definition) is 0. The van der Waals surface area contributed by atoms with E-state index in [-0.39, 0.29) is 5.82 Å². The first-order valence-corrected chi connectivity index (χ1v) is 7.37. The monoisotopic (exact) mass is 336 g/mol. The molecule has 0 radical (unpaired) electrons. The van der Waals surface area contributed by atoms with Crippen LogP contribution in [0.1, 0.15) is 30.7 Å². The van der Waals surface area contributed by atoms with E-state index in [4.69, 9.17) is 0 Å². The molecule has 1 aromatic heterocycles. The van der Waals surface area contributed by atoms with Gasteiger partial charge in [-0.1, -0.05) is 6.42 Å². The number of amides is 1. The number of anilines is 1. The SMILES string of the molecule is CN(C=O)c1cnc2cc(F)c(Br)cc2c1C1CCC1. The number of hydrogen-bond acceptors (Lipinski definition) is 2. The Morgan fingerprint density at radius 3 is 2.80 bits per heavy atom. The summed E-state index contributed by atoms with van der Waals surface area (Å²) in [5.74, 6) is 0.108. The smallest absolute Gasteiger partial charge is 0.213 e. The number of halogens is 2. The fourth-order valence-electron chi connectivity index (χ4n) is 2.66. The Morgan fingerprint density at radius 2 is 2.20 bits per heavy atom. The average molecular weight is 337 g/mol. The molecule has 104 valence electrons. The van der Waals surface area contributed by atoms with Crippen molar-refractivity contribution in [1.29, 1.82) is 0 Å². The number of carbonyl (C=O) groups is 1. The lowest BCUT2D eigenvalue weighted by atomic mass is 9.78. The van der Waals surface area contributed by atoms with Gasteiger partial charge in [0, 0.05) is 18.5 Å². The zero-order chi connectivity index (χ0) is 14.3. The summed E-state index contributed by atoms with van der Waals surface area (Å²) in [5.41, 5.74) is 2.56. The van der Waals surface area contributed by atoms with Gasteiger partial charge in [-0.25, -0.2) is 4.39 Å². The molecule has 2 aromatic rings. The van der Waals surface area contributed by atoms with Crippen molar-refractivity contribution in [2.45, 2.75) is 25.2 Å². The van der Waals surface area contributed by atoms with E-state index in [1.54, 1.807) is 19.3 Å². The Labute approximate surface area is 124 Å². The Bertz CT molecular complexity index is 685. The molecule has 20 heavy (non-hydrogen) atoms. The van der Waals surface area contributed by atoms with Crippen LogP contribution in [0.25, 0.3) is 10.9 Å². The molecule has 1 aromatic carbocycles. The quantitative estimate of drug-likeness (QED) is 0.794. The normalized spacial score (nSPS) is 15.2. The standard InChI is InChI=1S/C15H14BrFN2O/c1-19(8-20)14-7-18-13-6-12(17)11(16)5-10(13)15(14)9-3-2-4-9/h5-9H,2-4H2,1H3. The van der Waals surface area contributed by atoms with Crippen molar-refractivity contribution in [3.63, 3.8) is 0 Å². The Balaban J connectivity index is 2.29. The molecule has 1 saturated carbocycles. The third-order valence-electron chi connectivity index (χ3n) is 3.98. The second-order valence-electron chi connectivity index (χ2n) is 5.18. The van der Waals surface area contributed by atoms with E-state index in [1.807, 2.05) is 0 Å². The fourth-order valence-corrected chi connectivity index (χ4v) is 3.00. The number of nitrogens with zero attached hydrogens (tertiary/aromatic N) is 2. The number of rotatable bonds is 3. The summed E-state index contributed by atoms with van der Waals surface area (Å²) in [5, 5.41) is 0.925. The third-order valence-corrected chi connectivity index (χ3v) is 4.59. The molecule has 1 aliphatic carbocycles. The van der Waals surface area contributed by atoms with Gasteiger partial charge in [0.1, 0.15) is 5.82 Å². The van der Waals surface area contributed by atoms with E-state index in [0.29, 0.717) is 15.9 Å². The van der Waals surface area contributed by atoms with Gasteiger partial charge in [-0.05, 0) is 46.3 Å². The molecule has 5 heteroatoms. The molecular weight excluding hydrogens is 323 g/mol. The van der Waals surface area contributed by atoms with E-state index in [9.17, 15) is 9.18 Å². The van der Waals surface area contributed by atoms with Crippen LogP contribution in [0.4, 0.5) is 10.1 Å². The van der Waals surface area contributed by atoms with E-state index >= 15 is 0 Å². The number of benzene rings is 1. The maximum atomic E-state index is 13.6. The van der Waals surface area contributed by atoms with Crippen molar-refractivity contribution in [3.05, 3.63) is 34.2 Å². The van der Waals surface area contributed by atoms with E-state index in [1.165, 1.54) is 17.4 Å². The summed E-state index contributed by atoms with van der Waals surface area (Å²) in [6.45, 7) is 0. The van der Waals surface area contributed by atoms with Gasteiger partial charge in [0.15, 0.2) is 0 Å². The molecule has 1 heterocycles. The first-order chi connectivity index (χ1) is 9.61. The summed E-state index contributed by atoms with van der Waals surface area (Å²) in [6, 6.07) is 3.21.